The molecule has 1 aliphatic heterocycles. The van der Waals surface area contributed by atoms with Crippen LogP contribution < -0.4 is 0 Å². The summed E-state index contributed by atoms with van der Waals surface area (Å²) in [6.45, 7) is 2.28. The summed E-state index contributed by atoms with van der Waals surface area (Å²) >= 11 is 0. The SMILES string of the molecule is CCOC(=O)C1CCC2(CC1)O[C@@H](c1ccccc1)[C@H](c1ccccc1)O2. The standard InChI is InChI=1S/C23H26O4/c1-2-25-22(24)19-13-15-23(16-14-19)26-20(17-9-5-3-6-10-17)21(27-23)18-11-7-4-8-12-18/h3-12,19-21H,2,13-16H2,1H3/t20-,21-/m0/s1. The van der Waals surface area contributed by atoms with Gasteiger partial charge in [-0.05, 0) is 30.9 Å². The Morgan fingerprint density at radius 1 is 0.926 bits per heavy atom. The van der Waals surface area contributed by atoms with Gasteiger partial charge in [0.25, 0.3) is 0 Å². The highest BCUT2D eigenvalue weighted by molar-refractivity contribution is 5.72. The monoisotopic (exact) mass is 366 g/mol. The minimum atomic E-state index is -0.621. The van der Waals surface area contributed by atoms with Crippen molar-refractivity contribution in [2.75, 3.05) is 6.61 Å². The van der Waals surface area contributed by atoms with Crippen molar-refractivity contribution in [2.45, 2.75) is 50.6 Å². The lowest BCUT2D eigenvalue weighted by Crippen LogP contribution is -2.37. The Hall–Kier alpha value is -2.17. The zero-order valence-electron chi connectivity index (χ0n) is 15.7. The number of carbonyl (C=O) groups excluding carboxylic acids is 1. The second kappa shape index (κ2) is 7.83. The molecule has 0 amide bonds. The number of carbonyl (C=O) groups is 1. The minimum Gasteiger partial charge on any atom is -0.466 e. The lowest BCUT2D eigenvalue weighted by molar-refractivity contribution is -0.203. The molecule has 0 unspecified atom stereocenters. The lowest BCUT2D eigenvalue weighted by atomic mass is 9.85. The van der Waals surface area contributed by atoms with E-state index in [9.17, 15) is 4.79 Å². The van der Waals surface area contributed by atoms with E-state index in [1.165, 1.54) is 0 Å². The molecule has 4 rings (SSSR count). The molecular formula is C23H26O4. The van der Waals surface area contributed by atoms with Gasteiger partial charge in [-0.1, -0.05) is 60.7 Å². The molecule has 1 saturated carbocycles. The summed E-state index contributed by atoms with van der Waals surface area (Å²) in [7, 11) is 0. The molecule has 1 saturated heterocycles. The third kappa shape index (κ3) is 3.78. The molecule has 4 heteroatoms. The normalized spacial score (nSPS) is 24.8. The molecule has 0 bridgehead atoms. The smallest absolute Gasteiger partial charge is 0.308 e. The number of hydrogen-bond acceptors (Lipinski definition) is 4. The first-order valence-corrected chi connectivity index (χ1v) is 9.83. The Balaban J connectivity index is 1.55. The van der Waals surface area contributed by atoms with Crippen LogP contribution in [0.5, 0.6) is 0 Å². The maximum absolute atomic E-state index is 12.1. The zero-order chi connectivity index (χ0) is 18.7. The summed E-state index contributed by atoms with van der Waals surface area (Å²) in [6, 6.07) is 20.5. The van der Waals surface area contributed by atoms with Crippen LogP contribution in [0.15, 0.2) is 60.7 Å². The number of benzene rings is 2. The van der Waals surface area contributed by atoms with Crippen molar-refractivity contribution in [1.82, 2.24) is 0 Å². The molecule has 2 aliphatic rings. The Bertz CT molecular complexity index is 701. The number of hydrogen-bond donors (Lipinski definition) is 0. The van der Waals surface area contributed by atoms with E-state index < -0.39 is 5.79 Å². The topological polar surface area (TPSA) is 44.8 Å². The molecular weight excluding hydrogens is 340 g/mol. The van der Waals surface area contributed by atoms with E-state index in [1.54, 1.807) is 0 Å². The van der Waals surface area contributed by atoms with Gasteiger partial charge < -0.3 is 14.2 Å². The van der Waals surface area contributed by atoms with Gasteiger partial charge >= 0.3 is 5.97 Å². The van der Waals surface area contributed by atoms with Crippen LogP contribution in [0.1, 0.15) is 55.9 Å². The van der Waals surface area contributed by atoms with Crippen LogP contribution >= 0.6 is 0 Å². The van der Waals surface area contributed by atoms with E-state index in [-0.39, 0.29) is 24.1 Å². The molecule has 2 aromatic rings. The van der Waals surface area contributed by atoms with Crippen LogP contribution in [0, 0.1) is 5.92 Å². The minimum absolute atomic E-state index is 0.0475. The summed E-state index contributed by atoms with van der Waals surface area (Å²) in [4.78, 5) is 12.1. The molecule has 27 heavy (non-hydrogen) atoms. The number of esters is 1. The van der Waals surface area contributed by atoms with Crippen molar-refractivity contribution in [3.8, 4) is 0 Å². The first-order valence-electron chi connectivity index (χ1n) is 9.83. The predicted molar refractivity (Wildman–Crippen MR) is 102 cm³/mol. The van der Waals surface area contributed by atoms with Crippen molar-refractivity contribution in [1.29, 1.82) is 0 Å². The number of rotatable bonds is 4. The second-order valence-corrected chi connectivity index (χ2v) is 7.34. The van der Waals surface area contributed by atoms with E-state index in [0.717, 1.165) is 24.0 Å². The van der Waals surface area contributed by atoms with Crippen LogP contribution in [0.3, 0.4) is 0 Å². The second-order valence-electron chi connectivity index (χ2n) is 7.34. The molecule has 2 fully saturated rings. The summed E-state index contributed by atoms with van der Waals surface area (Å²) in [5.41, 5.74) is 2.24. The Morgan fingerprint density at radius 2 is 1.41 bits per heavy atom. The van der Waals surface area contributed by atoms with Gasteiger partial charge in [0.15, 0.2) is 5.79 Å². The average Bonchev–Trinajstić information content (AvgIpc) is 3.09. The van der Waals surface area contributed by atoms with Crippen molar-refractivity contribution < 1.29 is 19.0 Å². The van der Waals surface area contributed by atoms with Gasteiger partial charge in [-0.3, -0.25) is 4.79 Å². The molecule has 4 nitrogen and oxygen atoms in total. The molecule has 0 aromatic heterocycles. The van der Waals surface area contributed by atoms with Crippen molar-refractivity contribution >= 4 is 5.97 Å². The van der Waals surface area contributed by atoms with Crippen LogP contribution in [-0.4, -0.2) is 18.4 Å². The Labute approximate surface area is 160 Å². The third-order valence-corrected chi connectivity index (χ3v) is 5.58. The average molecular weight is 366 g/mol. The largest absolute Gasteiger partial charge is 0.466 e. The molecule has 1 spiro atoms. The molecule has 142 valence electrons. The van der Waals surface area contributed by atoms with Crippen LogP contribution in [0.2, 0.25) is 0 Å². The zero-order valence-corrected chi connectivity index (χ0v) is 15.7. The summed E-state index contributed by atoms with van der Waals surface area (Å²) in [5.74, 6) is -0.761. The van der Waals surface area contributed by atoms with E-state index in [4.69, 9.17) is 14.2 Å². The van der Waals surface area contributed by atoms with Gasteiger partial charge in [0.05, 0.1) is 12.5 Å². The van der Waals surface area contributed by atoms with Gasteiger partial charge in [-0.25, -0.2) is 0 Å². The van der Waals surface area contributed by atoms with Gasteiger partial charge in [-0.15, -0.1) is 0 Å². The highest BCUT2D eigenvalue weighted by Crippen LogP contribution is 2.52. The molecule has 1 aliphatic carbocycles. The predicted octanol–water partition coefficient (Wildman–Crippen LogP) is 4.97. The maximum atomic E-state index is 12.1. The fraction of sp³-hybridized carbons (Fsp3) is 0.435. The molecule has 0 N–H and O–H groups in total. The van der Waals surface area contributed by atoms with Crippen molar-refractivity contribution in [3.05, 3.63) is 71.8 Å². The summed E-state index contributed by atoms with van der Waals surface area (Å²) in [5, 5.41) is 0. The molecule has 2 atom stereocenters. The van der Waals surface area contributed by atoms with Gasteiger partial charge in [0, 0.05) is 12.8 Å². The van der Waals surface area contributed by atoms with Crippen LogP contribution in [0.4, 0.5) is 0 Å². The molecule has 2 aromatic carbocycles. The Kier molecular flexibility index (Phi) is 5.28. The van der Waals surface area contributed by atoms with Crippen molar-refractivity contribution in [2.24, 2.45) is 5.92 Å². The van der Waals surface area contributed by atoms with Gasteiger partial charge in [-0.2, -0.15) is 0 Å². The third-order valence-electron chi connectivity index (χ3n) is 5.58. The fourth-order valence-electron chi connectivity index (χ4n) is 4.17. The Morgan fingerprint density at radius 3 is 1.85 bits per heavy atom. The van der Waals surface area contributed by atoms with Crippen molar-refractivity contribution in [3.63, 3.8) is 0 Å². The molecule has 0 radical (unpaired) electrons. The van der Waals surface area contributed by atoms with Crippen LogP contribution in [0.25, 0.3) is 0 Å². The highest BCUT2D eigenvalue weighted by atomic mass is 16.8. The maximum Gasteiger partial charge on any atom is 0.308 e. The fourth-order valence-corrected chi connectivity index (χ4v) is 4.17. The summed E-state index contributed by atoms with van der Waals surface area (Å²) in [6.07, 6.45) is 2.61. The number of ether oxygens (including phenoxy) is 3. The van der Waals surface area contributed by atoms with E-state index >= 15 is 0 Å². The van der Waals surface area contributed by atoms with E-state index in [1.807, 2.05) is 43.3 Å². The molecule has 1 heterocycles. The first kappa shape index (κ1) is 18.2. The van der Waals surface area contributed by atoms with E-state index in [2.05, 4.69) is 24.3 Å². The first-order chi connectivity index (χ1) is 13.2. The summed E-state index contributed by atoms with van der Waals surface area (Å²) < 4.78 is 18.3. The van der Waals surface area contributed by atoms with E-state index in [0.29, 0.717) is 19.4 Å². The lowest BCUT2D eigenvalue weighted by Gasteiger charge is -2.35. The van der Waals surface area contributed by atoms with Crippen LogP contribution in [-0.2, 0) is 19.0 Å². The quantitative estimate of drug-likeness (QED) is 0.717. The highest BCUT2D eigenvalue weighted by Gasteiger charge is 2.51. The van der Waals surface area contributed by atoms with Gasteiger partial charge in [0.2, 0.25) is 0 Å². The van der Waals surface area contributed by atoms with Gasteiger partial charge in [0.1, 0.15) is 12.2 Å².